The fourth-order valence-electron chi connectivity index (χ4n) is 2.01. The molecule has 0 aromatic heterocycles. The summed E-state index contributed by atoms with van der Waals surface area (Å²) < 4.78 is 5.82. The van der Waals surface area contributed by atoms with E-state index >= 15 is 0 Å². The summed E-state index contributed by atoms with van der Waals surface area (Å²) in [6.07, 6.45) is 1.85. The van der Waals surface area contributed by atoms with Crippen molar-refractivity contribution in [3.63, 3.8) is 0 Å². The number of rotatable bonds is 9. The van der Waals surface area contributed by atoms with Crippen molar-refractivity contribution in [1.82, 2.24) is 5.32 Å². The van der Waals surface area contributed by atoms with Crippen LogP contribution in [-0.4, -0.2) is 30.4 Å². The number of hydrogen-bond acceptors (Lipinski definition) is 3. The fourth-order valence-corrected chi connectivity index (χ4v) is 2.01. The molecule has 0 aliphatic rings. The third-order valence-electron chi connectivity index (χ3n) is 3.60. The SMILES string of the molecule is CCCNC(C)(CO)CCOc1cccc(C(C)C)c1. The molecule has 0 heterocycles. The van der Waals surface area contributed by atoms with Gasteiger partial charge in [-0.25, -0.2) is 0 Å². The van der Waals surface area contributed by atoms with Gasteiger partial charge < -0.3 is 15.2 Å². The van der Waals surface area contributed by atoms with Gasteiger partial charge in [0, 0.05) is 12.0 Å². The summed E-state index contributed by atoms with van der Waals surface area (Å²) in [5.41, 5.74) is 1.03. The molecule has 1 rings (SSSR count). The fraction of sp³-hybridized carbons (Fsp3) is 0.647. The van der Waals surface area contributed by atoms with Gasteiger partial charge in [0.2, 0.25) is 0 Å². The lowest BCUT2D eigenvalue weighted by atomic mass is 9.99. The molecule has 0 saturated heterocycles. The van der Waals surface area contributed by atoms with Crippen molar-refractivity contribution in [3.8, 4) is 5.75 Å². The molecular weight excluding hydrogens is 250 g/mol. The van der Waals surface area contributed by atoms with Crippen molar-refractivity contribution in [2.75, 3.05) is 19.8 Å². The van der Waals surface area contributed by atoms with Crippen LogP contribution in [0.5, 0.6) is 5.75 Å². The maximum atomic E-state index is 9.51. The Kier molecular flexibility index (Phi) is 7.03. The first-order chi connectivity index (χ1) is 9.50. The lowest BCUT2D eigenvalue weighted by Crippen LogP contribution is -2.47. The van der Waals surface area contributed by atoms with Crippen LogP contribution in [-0.2, 0) is 0 Å². The van der Waals surface area contributed by atoms with E-state index in [1.54, 1.807) is 0 Å². The van der Waals surface area contributed by atoms with Gasteiger partial charge in [0.05, 0.1) is 13.2 Å². The van der Waals surface area contributed by atoms with Crippen LogP contribution >= 0.6 is 0 Å². The predicted octanol–water partition coefficient (Wildman–Crippen LogP) is 3.33. The molecule has 0 radical (unpaired) electrons. The molecule has 0 fully saturated rings. The molecule has 3 nitrogen and oxygen atoms in total. The van der Waals surface area contributed by atoms with Crippen LogP contribution < -0.4 is 10.1 Å². The molecule has 0 saturated carbocycles. The van der Waals surface area contributed by atoms with Crippen molar-refractivity contribution in [2.24, 2.45) is 0 Å². The molecule has 0 amide bonds. The van der Waals surface area contributed by atoms with E-state index in [9.17, 15) is 5.11 Å². The Labute approximate surface area is 123 Å². The number of ether oxygens (including phenoxy) is 1. The van der Waals surface area contributed by atoms with Crippen LogP contribution in [0.1, 0.15) is 52.0 Å². The highest BCUT2D eigenvalue weighted by Gasteiger charge is 2.21. The molecule has 1 aromatic carbocycles. The van der Waals surface area contributed by atoms with Crippen molar-refractivity contribution >= 4 is 0 Å². The van der Waals surface area contributed by atoms with E-state index in [2.05, 4.69) is 38.2 Å². The van der Waals surface area contributed by atoms with Gasteiger partial charge in [0.25, 0.3) is 0 Å². The quantitative estimate of drug-likeness (QED) is 0.728. The van der Waals surface area contributed by atoms with Gasteiger partial charge in [0.1, 0.15) is 5.75 Å². The van der Waals surface area contributed by atoms with E-state index in [0.717, 1.165) is 25.1 Å². The Hall–Kier alpha value is -1.06. The minimum Gasteiger partial charge on any atom is -0.494 e. The summed E-state index contributed by atoms with van der Waals surface area (Å²) in [4.78, 5) is 0. The van der Waals surface area contributed by atoms with Gasteiger partial charge in [-0.05, 0) is 43.5 Å². The van der Waals surface area contributed by atoms with E-state index in [1.807, 2.05) is 19.1 Å². The maximum Gasteiger partial charge on any atom is 0.119 e. The third kappa shape index (κ3) is 5.51. The minimum atomic E-state index is -0.258. The van der Waals surface area contributed by atoms with Gasteiger partial charge in [0.15, 0.2) is 0 Å². The number of nitrogens with one attached hydrogen (secondary N) is 1. The monoisotopic (exact) mass is 279 g/mol. The van der Waals surface area contributed by atoms with Crippen LogP contribution in [0.25, 0.3) is 0 Å². The van der Waals surface area contributed by atoms with Gasteiger partial charge in [-0.1, -0.05) is 32.9 Å². The van der Waals surface area contributed by atoms with Crippen LogP contribution in [0.4, 0.5) is 0 Å². The van der Waals surface area contributed by atoms with Crippen molar-refractivity contribution in [2.45, 2.75) is 52.0 Å². The van der Waals surface area contributed by atoms with Crippen LogP contribution in [0, 0.1) is 0 Å². The van der Waals surface area contributed by atoms with E-state index < -0.39 is 0 Å². The summed E-state index contributed by atoms with van der Waals surface area (Å²) >= 11 is 0. The van der Waals surface area contributed by atoms with Gasteiger partial charge in [-0.15, -0.1) is 0 Å². The highest BCUT2D eigenvalue weighted by molar-refractivity contribution is 5.30. The first-order valence-electron chi connectivity index (χ1n) is 7.59. The molecule has 1 aromatic rings. The van der Waals surface area contributed by atoms with E-state index in [-0.39, 0.29) is 12.1 Å². The molecule has 20 heavy (non-hydrogen) atoms. The standard InChI is InChI=1S/C17H29NO2/c1-5-10-18-17(4,13-19)9-11-20-16-8-6-7-15(12-16)14(2)3/h6-8,12,14,18-19H,5,9-11,13H2,1-4H3. The van der Waals surface area contributed by atoms with Crippen molar-refractivity contribution in [1.29, 1.82) is 0 Å². The molecule has 3 heteroatoms. The maximum absolute atomic E-state index is 9.51. The second-order valence-corrected chi connectivity index (χ2v) is 5.97. The lowest BCUT2D eigenvalue weighted by molar-refractivity contribution is 0.144. The van der Waals surface area contributed by atoms with Crippen molar-refractivity contribution in [3.05, 3.63) is 29.8 Å². The first-order valence-corrected chi connectivity index (χ1v) is 7.59. The average molecular weight is 279 g/mol. The summed E-state index contributed by atoms with van der Waals surface area (Å²) in [6, 6.07) is 8.24. The smallest absolute Gasteiger partial charge is 0.119 e. The zero-order chi connectivity index (χ0) is 15.0. The molecular formula is C17H29NO2. The Bertz CT molecular complexity index is 392. The van der Waals surface area contributed by atoms with Crippen molar-refractivity contribution < 1.29 is 9.84 Å². The molecule has 2 N–H and O–H groups in total. The molecule has 0 aliphatic carbocycles. The number of aliphatic hydroxyl groups excluding tert-OH is 1. The third-order valence-corrected chi connectivity index (χ3v) is 3.60. The van der Waals surface area contributed by atoms with E-state index in [1.165, 1.54) is 5.56 Å². The Morgan fingerprint density at radius 3 is 2.70 bits per heavy atom. The zero-order valence-electron chi connectivity index (χ0n) is 13.3. The average Bonchev–Trinajstić information content (AvgIpc) is 2.45. The normalized spacial score (nSPS) is 14.3. The van der Waals surface area contributed by atoms with Crippen LogP contribution in [0.3, 0.4) is 0 Å². The summed E-state index contributed by atoms with van der Waals surface area (Å²) in [7, 11) is 0. The Balaban J connectivity index is 2.48. The topological polar surface area (TPSA) is 41.5 Å². The predicted molar refractivity (Wildman–Crippen MR) is 84.4 cm³/mol. The Morgan fingerprint density at radius 2 is 2.10 bits per heavy atom. The first kappa shape index (κ1) is 17.0. The second kappa shape index (κ2) is 8.28. The molecule has 1 unspecified atom stereocenters. The van der Waals surface area contributed by atoms with Gasteiger partial charge in [-0.3, -0.25) is 0 Å². The summed E-state index contributed by atoms with van der Waals surface area (Å²) in [6.45, 7) is 10.2. The molecule has 0 aliphatic heterocycles. The van der Waals surface area contributed by atoms with Gasteiger partial charge in [-0.2, -0.15) is 0 Å². The molecule has 0 bridgehead atoms. The molecule has 0 spiro atoms. The highest BCUT2D eigenvalue weighted by Crippen LogP contribution is 2.20. The largest absolute Gasteiger partial charge is 0.494 e. The summed E-state index contributed by atoms with van der Waals surface area (Å²) in [5, 5.41) is 12.9. The van der Waals surface area contributed by atoms with Crippen LogP contribution in [0.2, 0.25) is 0 Å². The zero-order valence-corrected chi connectivity index (χ0v) is 13.3. The lowest BCUT2D eigenvalue weighted by Gasteiger charge is -2.28. The minimum absolute atomic E-state index is 0.127. The van der Waals surface area contributed by atoms with E-state index in [4.69, 9.17) is 4.74 Å². The van der Waals surface area contributed by atoms with E-state index in [0.29, 0.717) is 12.5 Å². The van der Waals surface area contributed by atoms with Gasteiger partial charge >= 0.3 is 0 Å². The highest BCUT2D eigenvalue weighted by atomic mass is 16.5. The second-order valence-electron chi connectivity index (χ2n) is 5.97. The Morgan fingerprint density at radius 1 is 1.35 bits per heavy atom. The number of hydrogen-bond donors (Lipinski definition) is 2. The molecule has 1 atom stereocenters. The summed E-state index contributed by atoms with van der Waals surface area (Å²) in [5.74, 6) is 1.42. The number of aliphatic hydroxyl groups is 1. The number of benzene rings is 1. The molecule has 114 valence electrons. The van der Waals surface area contributed by atoms with Crippen LogP contribution in [0.15, 0.2) is 24.3 Å².